The fourth-order valence-corrected chi connectivity index (χ4v) is 2.86. The molecular formula is C17H25NO3. The minimum absolute atomic E-state index is 0.0728. The van der Waals surface area contributed by atoms with E-state index in [1.54, 1.807) is 32.4 Å². The van der Waals surface area contributed by atoms with E-state index in [0.29, 0.717) is 17.1 Å². The second kappa shape index (κ2) is 7.91. The molecular weight excluding hydrogens is 266 g/mol. The summed E-state index contributed by atoms with van der Waals surface area (Å²) in [6, 6.07) is 5.57. The van der Waals surface area contributed by atoms with Crippen molar-refractivity contribution in [2.45, 2.75) is 51.0 Å². The largest absolute Gasteiger partial charge is 0.497 e. The van der Waals surface area contributed by atoms with E-state index in [9.17, 15) is 4.79 Å². The Morgan fingerprint density at radius 2 is 1.71 bits per heavy atom. The number of methoxy groups -OCH3 is 2. The quantitative estimate of drug-likeness (QED) is 0.923. The van der Waals surface area contributed by atoms with E-state index < -0.39 is 0 Å². The molecule has 0 saturated heterocycles. The Kier molecular flexibility index (Phi) is 5.90. The number of carbonyl (C=O) groups excluding carboxylic acids is 1. The Bertz CT molecular complexity index is 465. The van der Waals surface area contributed by atoms with Crippen LogP contribution >= 0.6 is 0 Å². The molecule has 1 aliphatic rings. The lowest BCUT2D eigenvalue weighted by molar-refractivity contribution is 0.0927. The summed E-state index contributed by atoms with van der Waals surface area (Å²) in [5.41, 5.74) is 0.541. The summed E-state index contributed by atoms with van der Waals surface area (Å²) in [6.45, 7) is 0. The maximum atomic E-state index is 12.5. The fraction of sp³-hybridized carbons (Fsp3) is 0.588. The van der Waals surface area contributed by atoms with E-state index in [0.717, 1.165) is 12.8 Å². The van der Waals surface area contributed by atoms with Crippen LogP contribution in [-0.4, -0.2) is 26.2 Å². The van der Waals surface area contributed by atoms with Crippen LogP contribution in [0.15, 0.2) is 18.2 Å². The zero-order valence-electron chi connectivity index (χ0n) is 13.0. The highest BCUT2D eigenvalue weighted by Gasteiger charge is 2.18. The lowest BCUT2D eigenvalue weighted by Crippen LogP contribution is -2.35. The summed E-state index contributed by atoms with van der Waals surface area (Å²) in [5.74, 6) is 1.18. The third-order valence-electron chi connectivity index (χ3n) is 4.09. The number of rotatable bonds is 4. The number of hydrogen-bond acceptors (Lipinski definition) is 3. The van der Waals surface area contributed by atoms with Crippen molar-refractivity contribution in [2.24, 2.45) is 0 Å². The number of nitrogens with one attached hydrogen (secondary N) is 1. The molecule has 1 fully saturated rings. The van der Waals surface area contributed by atoms with Gasteiger partial charge in [-0.15, -0.1) is 0 Å². The molecule has 0 spiro atoms. The Morgan fingerprint density at radius 3 is 2.33 bits per heavy atom. The van der Waals surface area contributed by atoms with Gasteiger partial charge in [-0.25, -0.2) is 0 Å². The lowest BCUT2D eigenvalue weighted by atomic mass is 9.96. The maximum Gasteiger partial charge on any atom is 0.255 e. The van der Waals surface area contributed by atoms with E-state index in [2.05, 4.69) is 5.32 Å². The summed E-state index contributed by atoms with van der Waals surface area (Å²) in [6.07, 6.45) is 8.39. The van der Waals surface area contributed by atoms with Crippen molar-refractivity contribution in [1.29, 1.82) is 0 Å². The molecule has 0 heterocycles. The number of ether oxygens (including phenoxy) is 2. The first kappa shape index (κ1) is 15.7. The summed E-state index contributed by atoms with van der Waals surface area (Å²) >= 11 is 0. The van der Waals surface area contributed by atoms with Gasteiger partial charge >= 0.3 is 0 Å². The predicted octanol–water partition coefficient (Wildman–Crippen LogP) is 3.55. The Labute approximate surface area is 126 Å². The zero-order valence-corrected chi connectivity index (χ0v) is 13.0. The van der Waals surface area contributed by atoms with E-state index in [1.807, 2.05) is 0 Å². The molecule has 0 bridgehead atoms. The van der Waals surface area contributed by atoms with E-state index in [-0.39, 0.29) is 11.9 Å². The molecule has 0 aromatic heterocycles. The number of hydrogen-bond donors (Lipinski definition) is 1. The minimum Gasteiger partial charge on any atom is -0.497 e. The SMILES string of the molecule is COc1ccc(OC)c(C(=O)NC2CCCCCCC2)c1. The smallest absolute Gasteiger partial charge is 0.255 e. The highest BCUT2D eigenvalue weighted by molar-refractivity contribution is 5.97. The topological polar surface area (TPSA) is 47.6 Å². The predicted molar refractivity (Wildman–Crippen MR) is 83.1 cm³/mol. The molecule has 2 rings (SSSR count). The van der Waals surface area contributed by atoms with Gasteiger partial charge in [-0.1, -0.05) is 32.1 Å². The molecule has 116 valence electrons. The number of carbonyl (C=O) groups is 1. The fourth-order valence-electron chi connectivity index (χ4n) is 2.86. The molecule has 0 unspecified atom stereocenters. The lowest BCUT2D eigenvalue weighted by Gasteiger charge is -2.21. The van der Waals surface area contributed by atoms with Crippen molar-refractivity contribution < 1.29 is 14.3 Å². The maximum absolute atomic E-state index is 12.5. The standard InChI is InChI=1S/C17H25NO3/c1-20-14-10-11-16(21-2)15(12-14)17(19)18-13-8-6-4-3-5-7-9-13/h10-13H,3-9H2,1-2H3,(H,18,19). The second-order valence-electron chi connectivity index (χ2n) is 5.58. The third-order valence-corrected chi connectivity index (χ3v) is 4.09. The highest BCUT2D eigenvalue weighted by atomic mass is 16.5. The van der Waals surface area contributed by atoms with Gasteiger partial charge < -0.3 is 14.8 Å². The summed E-state index contributed by atoms with van der Waals surface area (Å²) in [5, 5.41) is 3.15. The van der Waals surface area contributed by atoms with Gasteiger partial charge in [0.1, 0.15) is 11.5 Å². The molecule has 1 aromatic carbocycles. The minimum atomic E-state index is -0.0728. The van der Waals surface area contributed by atoms with Crippen molar-refractivity contribution in [1.82, 2.24) is 5.32 Å². The first-order valence-electron chi connectivity index (χ1n) is 7.77. The molecule has 1 aliphatic carbocycles. The second-order valence-corrected chi connectivity index (χ2v) is 5.58. The van der Waals surface area contributed by atoms with Gasteiger partial charge in [0.05, 0.1) is 19.8 Å². The number of amides is 1. The van der Waals surface area contributed by atoms with Gasteiger partial charge in [0.15, 0.2) is 0 Å². The molecule has 0 radical (unpaired) electrons. The van der Waals surface area contributed by atoms with Gasteiger partial charge in [-0.3, -0.25) is 4.79 Å². The number of benzene rings is 1. The van der Waals surface area contributed by atoms with E-state index >= 15 is 0 Å². The van der Waals surface area contributed by atoms with Crippen molar-refractivity contribution in [2.75, 3.05) is 14.2 Å². The Balaban J connectivity index is 2.07. The van der Waals surface area contributed by atoms with Crippen LogP contribution in [0.5, 0.6) is 11.5 Å². The van der Waals surface area contributed by atoms with Crippen LogP contribution in [0.3, 0.4) is 0 Å². The molecule has 1 N–H and O–H groups in total. The molecule has 1 aromatic rings. The Hall–Kier alpha value is -1.71. The van der Waals surface area contributed by atoms with Crippen LogP contribution in [0.4, 0.5) is 0 Å². The molecule has 4 heteroatoms. The van der Waals surface area contributed by atoms with Gasteiger partial charge in [-0.05, 0) is 31.0 Å². The van der Waals surface area contributed by atoms with Crippen LogP contribution < -0.4 is 14.8 Å². The summed E-state index contributed by atoms with van der Waals surface area (Å²) < 4.78 is 10.5. The van der Waals surface area contributed by atoms with E-state index in [1.165, 1.54) is 32.1 Å². The average Bonchev–Trinajstić information content (AvgIpc) is 2.49. The van der Waals surface area contributed by atoms with Gasteiger partial charge in [-0.2, -0.15) is 0 Å². The van der Waals surface area contributed by atoms with Crippen LogP contribution in [0.2, 0.25) is 0 Å². The van der Waals surface area contributed by atoms with Gasteiger partial charge in [0.25, 0.3) is 5.91 Å². The zero-order chi connectivity index (χ0) is 15.1. The van der Waals surface area contributed by atoms with Crippen molar-refractivity contribution >= 4 is 5.91 Å². The molecule has 1 saturated carbocycles. The van der Waals surface area contributed by atoms with Crippen molar-refractivity contribution in [3.05, 3.63) is 23.8 Å². The van der Waals surface area contributed by atoms with Crippen LogP contribution in [0.1, 0.15) is 55.3 Å². The molecule has 21 heavy (non-hydrogen) atoms. The first-order valence-corrected chi connectivity index (χ1v) is 7.77. The van der Waals surface area contributed by atoms with Crippen LogP contribution in [0, 0.1) is 0 Å². The highest BCUT2D eigenvalue weighted by Crippen LogP contribution is 2.25. The van der Waals surface area contributed by atoms with Crippen molar-refractivity contribution in [3.8, 4) is 11.5 Å². The van der Waals surface area contributed by atoms with Gasteiger partial charge in [0.2, 0.25) is 0 Å². The molecule has 0 aliphatic heterocycles. The Morgan fingerprint density at radius 1 is 1.05 bits per heavy atom. The van der Waals surface area contributed by atoms with E-state index in [4.69, 9.17) is 9.47 Å². The molecule has 1 amide bonds. The summed E-state index contributed by atoms with van der Waals surface area (Å²) in [7, 11) is 3.17. The van der Waals surface area contributed by atoms with Gasteiger partial charge in [0, 0.05) is 6.04 Å². The molecule has 4 nitrogen and oxygen atoms in total. The monoisotopic (exact) mass is 291 g/mol. The van der Waals surface area contributed by atoms with Crippen molar-refractivity contribution in [3.63, 3.8) is 0 Å². The average molecular weight is 291 g/mol. The van der Waals surface area contributed by atoms with Crippen LogP contribution in [-0.2, 0) is 0 Å². The van der Waals surface area contributed by atoms with Crippen LogP contribution in [0.25, 0.3) is 0 Å². The molecule has 0 atom stereocenters. The third kappa shape index (κ3) is 4.38. The normalized spacial score (nSPS) is 16.7. The first-order chi connectivity index (χ1) is 10.2. The summed E-state index contributed by atoms with van der Waals surface area (Å²) in [4.78, 5) is 12.5.